The molecule has 3 amide bonds. The highest BCUT2D eigenvalue weighted by molar-refractivity contribution is 7.98. The van der Waals surface area contributed by atoms with Gasteiger partial charge in [0.05, 0.1) is 6.04 Å². The normalized spacial score (nSPS) is 14.4. The zero-order valence-electron chi connectivity index (χ0n) is 21.5. The molecule has 0 bridgehead atoms. The molecular formula is C23H47N7O5S. The molecule has 0 aromatic heterocycles. The lowest BCUT2D eigenvalue weighted by atomic mass is 10.0. The molecule has 4 atom stereocenters. The summed E-state index contributed by atoms with van der Waals surface area (Å²) in [5.41, 5.74) is 22.5. The van der Waals surface area contributed by atoms with Crippen LogP contribution in [0.15, 0.2) is 0 Å². The van der Waals surface area contributed by atoms with Crippen LogP contribution in [0.25, 0.3) is 0 Å². The van der Waals surface area contributed by atoms with Gasteiger partial charge in [-0.25, -0.2) is 4.79 Å². The molecule has 0 aromatic rings. The topological polar surface area (TPSA) is 229 Å². The predicted molar refractivity (Wildman–Crippen MR) is 143 cm³/mol. The van der Waals surface area contributed by atoms with Gasteiger partial charge < -0.3 is 44.0 Å². The van der Waals surface area contributed by atoms with Crippen LogP contribution >= 0.6 is 11.8 Å². The lowest BCUT2D eigenvalue weighted by Crippen LogP contribution is -2.57. The summed E-state index contributed by atoms with van der Waals surface area (Å²) in [5, 5.41) is 17.4. The average Bonchev–Trinajstić information content (AvgIpc) is 2.85. The predicted octanol–water partition coefficient (Wildman–Crippen LogP) is -1.01. The molecule has 0 aliphatic carbocycles. The molecule has 0 aliphatic rings. The minimum absolute atomic E-state index is 0.237. The standard InChI is InChI=1S/C23H47N7O5S/c1-36-15-11-18(22(33)30-19(23(34)35)10-4-7-14-26)29-21(32)17(9-3-6-13-25)28-20(31)16(27)8-2-5-12-24/h16-19H,2-15,24-27H2,1H3,(H,28,31)(H,29,32)(H,30,33)(H,34,35). The fraction of sp³-hybridized carbons (Fsp3) is 0.826. The van der Waals surface area contributed by atoms with Crippen molar-refractivity contribution in [2.75, 3.05) is 31.6 Å². The number of hydrogen-bond donors (Lipinski definition) is 8. The quantitative estimate of drug-likeness (QED) is 0.0790. The van der Waals surface area contributed by atoms with Crippen molar-refractivity contribution in [2.45, 2.75) is 88.4 Å². The highest BCUT2D eigenvalue weighted by Crippen LogP contribution is 2.08. The average molecular weight is 534 g/mol. The largest absolute Gasteiger partial charge is 0.480 e. The van der Waals surface area contributed by atoms with Crippen LogP contribution in [-0.4, -0.2) is 84.6 Å². The molecule has 0 spiro atoms. The highest BCUT2D eigenvalue weighted by Gasteiger charge is 2.29. The number of thioether (sulfide) groups is 1. The van der Waals surface area contributed by atoms with Gasteiger partial charge in [0, 0.05) is 0 Å². The Balaban J connectivity index is 5.36. The Morgan fingerprint density at radius 2 is 1.08 bits per heavy atom. The maximum atomic E-state index is 13.1. The Bertz CT molecular complexity index is 656. The van der Waals surface area contributed by atoms with E-state index in [9.17, 15) is 24.3 Å². The van der Waals surface area contributed by atoms with Crippen molar-refractivity contribution in [3.8, 4) is 0 Å². The van der Waals surface area contributed by atoms with Crippen LogP contribution in [0.2, 0.25) is 0 Å². The van der Waals surface area contributed by atoms with Gasteiger partial charge in [-0.05, 0) is 89.4 Å². The second kappa shape index (κ2) is 21.2. The summed E-state index contributed by atoms with van der Waals surface area (Å²) in [6.07, 6.45) is 7.09. The Hall–Kier alpha value is -1.93. The number of rotatable bonds is 22. The van der Waals surface area contributed by atoms with Crippen LogP contribution in [-0.2, 0) is 19.2 Å². The molecule has 0 radical (unpaired) electrons. The van der Waals surface area contributed by atoms with Gasteiger partial charge in [0.2, 0.25) is 17.7 Å². The van der Waals surface area contributed by atoms with Gasteiger partial charge in [0.15, 0.2) is 0 Å². The van der Waals surface area contributed by atoms with Crippen molar-refractivity contribution in [3.05, 3.63) is 0 Å². The van der Waals surface area contributed by atoms with E-state index in [0.717, 1.165) is 6.42 Å². The number of carboxylic acid groups (broad SMARTS) is 1. The molecule has 0 aromatic carbocycles. The second-order valence-electron chi connectivity index (χ2n) is 8.76. The van der Waals surface area contributed by atoms with Gasteiger partial charge in [0.1, 0.15) is 18.1 Å². The fourth-order valence-corrected chi connectivity index (χ4v) is 3.95. The summed E-state index contributed by atoms with van der Waals surface area (Å²) in [6.45, 7) is 1.38. The number of nitrogens with two attached hydrogens (primary N) is 4. The van der Waals surface area contributed by atoms with Gasteiger partial charge in [-0.2, -0.15) is 11.8 Å². The number of carbonyl (C=O) groups is 4. The van der Waals surface area contributed by atoms with Crippen LogP contribution in [0.3, 0.4) is 0 Å². The molecule has 0 rings (SSSR count). The zero-order valence-corrected chi connectivity index (χ0v) is 22.3. The van der Waals surface area contributed by atoms with Crippen molar-refractivity contribution in [1.82, 2.24) is 16.0 Å². The lowest BCUT2D eigenvalue weighted by Gasteiger charge is -2.25. The van der Waals surface area contributed by atoms with E-state index in [0.29, 0.717) is 76.8 Å². The highest BCUT2D eigenvalue weighted by atomic mass is 32.2. The Morgan fingerprint density at radius 1 is 0.667 bits per heavy atom. The molecular weight excluding hydrogens is 486 g/mol. The molecule has 0 fully saturated rings. The number of carbonyl (C=O) groups excluding carboxylic acids is 3. The van der Waals surface area contributed by atoms with E-state index in [1.165, 1.54) is 11.8 Å². The monoisotopic (exact) mass is 533 g/mol. The Kier molecular flexibility index (Phi) is 20.0. The summed E-state index contributed by atoms with van der Waals surface area (Å²) in [4.78, 5) is 50.3. The first-order valence-corrected chi connectivity index (χ1v) is 14.1. The third-order valence-electron chi connectivity index (χ3n) is 5.69. The minimum atomic E-state index is -1.15. The van der Waals surface area contributed by atoms with Crippen LogP contribution in [0.5, 0.6) is 0 Å². The Labute approximate surface area is 218 Å². The number of carboxylic acids is 1. The summed E-state index contributed by atoms with van der Waals surface area (Å²) in [6, 6.07) is -3.70. The summed E-state index contributed by atoms with van der Waals surface area (Å²) >= 11 is 1.50. The summed E-state index contributed by atoms with van der Waals surface area (Å²) < 4.78 is 0. The molecule has 12 nitrogen and oxygen atoms in total. The van der Waals surface area contributed by atoms with E-state index in [1.807, 2.05) is 6.26 Å². The van der Waals surface area contributed by atoms with Gasteiger partial charge in [-0.3, -0.25) is 14.4 Å². The summed E-state index contributed by atoms with van der Waals surface area (Å²) in [5.74, 6) is -2.13. The third-order valence-corrected chi connectivity index (χ3v) is 6.34. The third kappa shape index (κ3) is 15.2. The van der Waals surface area contributed by atoms with E-state index in [4.69, 9.17) is 22.9 Å². The SMILES string of the molecule is CSCCC(NC(=O)C(CCCCN)NC(=O)C(N)CCCCN)C(=O)NC(CCCCN)C(=O)O. The Morgan fingerprint density at radius 3 is 1.56 bits per heavy atom. The van der Waals surface area contributed by atoms with Crippen LogP contribution < -0.4 is 38.9 Å². The maximum Gasteiger partial charge on any atom is 0.326 e. The molecule has 12 N–H and O–H groups in total. The van der Waals surface area contributed by atoms with Crippen molar-refractivity contribution in [2.24, 2.45) is 22.9 Å². The number of unbranched alkanes of at least 4 members (excludes halogenated alkanes) is 3. The zero-order chi connectivity index (χ0) is 27.3. The first-order valence-electron chi connectivity index (χ1n) is 12.7. The second-order valence-corrected chi connectivity index (χ2v) is 9.75. The van der Waals surface area contributed by atoms with Gasteiger partial charge >= 0.3 is 5.97 Å². The van der Waals surface area contributed by atoms with E-state index in [2.05, 4.69) is 16.0 Å². The van der Waals surface area contributed by atoms with E-state index in [1.54, 1.807) is 0 Å². The molecule has 4 unspecified atom stereocenters. The van der Waals surface area contributed by atoms with Gasteiger partial charge in [-0.15, -0.1) is 0 Å². The lowest BCUT2D eigenvalue weighted by molar-refractivity contribution is -0.142. The number of amides is 3. The molecule has 36 heavy (non-hydrogen) atoms. The van der Waals surface area contributed by atoms with E-state index >= 15 is 0 Å². The number of nitrogens with one attached hydrogen (secondary N) is 3. The smallest absolute Gasteiger partial charge is 0.326 e. The first kappa shape index (κ1) is 34.1. The number of hydrogen-bond acceptors (Lipinski definition) is 9. The minimum Gasteiger partial charge on any atom is -0.480 e. The molecule has 210 valence electrons. The van der Waals surface area contributed by atoms with Crippen molar-refractivity contribution in [3.63, 3.8) is 0 Å². The van der Waals surface area contributed by atoms with Crippen LogP contribution in [0.1, 0.15) is 64.2 Å². The molecule has 0 heterocycles. The van der Waals surface area contributed by atoms with Crippen molar-refractivity contribution < 1.29 is 24.3 Å². The van der Waals surface area contributed by atoms with E-state index < -0.39 is 47.9 Å². The maximum absolute atomic E-state index is 13.1. The molecule has 13 heteroatoms. The van der Waals surface area contributed by atoms with Gasteiger partial charge in [-0.1, -0.05) is 6.42 Å². The van der Waals surface area contributed by atoms with E-state index in [-0.39, 0.29) is 6.42 Å². The molecule has 0 saturated heterocycles. The molecule has 0 aliphatic heterocycles. The first-order chi connectivity index (χ1) is 17.2. The van der Waals surface area contributed by atoms with Gasteiger partial charge in [0.25, 0.3) is 0 Å². The fourth-order valence-electron chi connectivity index (χ4n) is 3.48. The molecule has 0 saturated carbocycles. The van der Waals surface area contributed by atoms with Crippen molar-refractivity contribution in [1.29, 1.82) is 0 Å². The summed E-state index contributed by atoms with van der Waals surface area (Å²) in [7, 11) is 0. The number of aliphatic carboxylic acids is 1. The van der Waals surface area contributed by atoms with Crippen LogP contribution in [0.4, 0.5) is 0 Å². The van der Waals surface area contributed by atoms with Crippen LogP contribution in [0, 0.1) is 0 Å². The van der Waals surface area contributed by atoms with Crippen molar-refractivity contribution >= 4 is 35.5 Å².